The van der Waals surface area contributed by atoms with Crippen LogP contribution in [-0.2, 0) is 9.63 Å². The summed E-state index contributed by atoms with van der Waals surface area (Å²) in [4.78, 5) is 25.1. The second-order valence-corrected chi connectivity index (χ2v) is 3.80. The van der Waals surface area contributed by atoms with Crippen LogP contribution in [0.4, 0.5) is 5.69 Å². The number of nitrogens with one attached hydrogen (secondary N) is 1. The van der Waals surface area contributed by atoms with Gasteiger partial charge in [0.05, 0.1) is 12.0 Å². The third-order valence-electron chi connectivity index (χ3n) is 1.83. The van der Waals surface area contributed by atoms with E-state index in [1.165, 1.54) is 31.4 Å². The quantitative estimate of drug-likeness (QED) is 0.519. The first-order valence-electron chi connectivity index (χ1n) is 4.27. The van der Waals surface area contributed by atoms with Crippen molar-refractivity contribution in [2.45, 2.75) is 4.83 Å². The highest BCUT2D eigenvalue weighted by molar-refractivity contribution is 9.09. The lowest BCUT2D eigenvalue weighted by molar-refractivity contribution is -0.384. The molecule has 1 aromatic carbocycles. The van der Waals surface area contributed by atoms with Crippen molar-refractivity contribution >= 4 is 27.5 Å². The molecule has 0 saturated carbocycles. The Labute approximate surface area is 99.8 Å². The highest BCUT2D eigenvalue weighted by Crippen LogP contribution is 2.24. The number of nitro groups is 1. The molecular formula is C9H9BrN2O4. The molecule has 0 heterocycles. The van der Waals surface area contributed by atoms with E-state index in [0.29, 0.717) is 5.56 Å². The van der Waals surface area contributed by atoms with Gasteiger partial charge in [-0.2, -0.15) is 0 Å². The lowest BCUT2D eigenvalue weighted by atomic mass is 10.1. The molecule has 16 heavy (non-hydrogen) atoms. The van der Waals surface area contributed by atoms with Crippen LogP contribution >= 0.6 is 15.9 Å². The molecule has 1 N–H and O–H groups in total. The van der Waals surface area contributed by atoms with Gasteiger partial charge in [0.1, 0.15) is 4.83 Å². The average Bonchev–Trinajstić information content (AvgIpc) is 2.28. The van der Waals surface area contributed by atoms with Gasteiger partial charge in [0, 0.05) is 12.1 Å². The number of hydroxylamine groups is 1. The van der Waals surface area contributed by atoms with E-state index < -0.39 is 9.75 Å². The summed E-state index contributed by atoms with van der Waals surface area (Å²) in [6.45, 7) is 0. The molecule has 0 saturated heterocycles. The Morgan fingerprint density at radius 1 is 1.50 bits per heavy atom. The fourth-order valence-electron chi connectivity index (χ4n) is 1.07. The predicted molar refractivity (Wildman–Crippen MR) is 59.9 cm³/mol. The molecule has 1 rings (SSSR count). The lowest BCUT2D eigenvalue weighted by Crippen LogP contribution is -2.25. The van der Waals surface area contributed by atoms with Gasteiger partial charge in [-0.05, 0) is 5.56 Å². The number of rotatable bonds is 4. The SMILES string of the molecule is CONC(=O)C(Br)c1ccc([N+](=O)[O-])cc1. The van der Waals surface area contributed by atoms with Crippen LogP contribution in [0.2, 0.25) is 0 Å². The zero-order valence-electron chi connectivity index (χ0n) is 8.34. The highest BCUT2D eigenvalue weighted by Gasteiger charge is 2.17. The van der Waals surface area contributed by atoms with Crippen LogP contribution in [-0.4, -0.2) is 17.9 Å². The number of nitro benzene ring substituents is 1. The minimum absolute atomic E-state index is 0.0180. The van der Waals surface area contributed by atoms with Crippen molar-refractivity contribution in [3.05, 3.63) is 39.9 Å². The van der Waals surface area contributed by atoms with Gasteiger partial charge < -0.3 is 0 Å². The number of benzene rings is 1. The molecule has 1 aromatic rings. The maximum absolute atomic E-state index is 11.3. The molecule has 0 fully saturated rings. The van der Waals surface area contributed by atoms with Crippen molar-refractivity contribution in [3.63, 3.8) is 0 Å². The molecular weight excluding hydrogens is 280 g/mol. The number of nitrogens with zero attached hydrogens (tertiary/aromatic N) is 1. The fourth-order valence-corrected chi connectivity index (χ4v) is 1.47. The predicted octanol–water partition coefficient (Wildman–Crippen LogP) is 1.71. The first-order chi connectivity index (χ1) is 7.56. The Morgan fingerprint density at radius 2 is 2.06 bits per heavy atom. The van der Waals surface area contributed by atoms with Gasteiger partial charge in [-0.1, -0.05) is 28.1 Å². The number of hydrogen-bond donors (Lipinski definition) is 1. The van der Waals surface area contributed by atoms with Crippen molar-refractivity contribution < 1.29 is 14.6 Å². The molecule has 0 aromatic heterocycles. The number of carbonyl (C=O) groups is 1. The van der Waals surface area contributed by atoms with Crippen LogP contribution in [0, 0.1) is 10.1 Å². The monoisotopic (exact) mass is 288 g/mol. The maximum atomic E-state index is 11.3. The molecule has 7 heteroatoms. The van der Waals surface area contributed by atoms with E-state index in [1.807, 2.05) is 0 Å². The van der Waals surface area contributed by atoms with Crippen molar-refractivity contribution in [2.75, 3.05) is 7.11 Å². The summed E-state index contributed by atoms with van der Waals surface area (Å²) >= 11 is 3.15. The molecule has 0 radical (unpaired) electrons. The van der Waals surface area contributed by atoms with E-state index >= 15 is 0 Å². The summed E-state index contributed by atoms with van der Waals surface area (Å²) in [5, 5.41) is 10.4. The average molecular weight is 289 g/mol. The Balaban J connectivity index is 2.81. The van der Waals surface area contributed by atoms with Gasteiger partial charge in [0.15, 0.2) is 0 Å². The summed E-state index contributed by atoms with van der Waals surface area (Å²) in [6.07, 6.45) is 0. The summed E-state index contributed by atoms with van der Waals surface area (Å²) < 4.78 is 0. The number of non-ortho nitro benzene ring substituents is 1. The third-order valence-corrected chi connectivity index (χ3v) is 2.77. The van der Waals surface area contributed by atoms with Crippen LogP contribution < -0.4 is 5.48 Å². The fraction of sp³-hybridized carbons (Fsp3) is 0.222. The first-order valence-corrected chi connectivity index (χ1v) is 5.19. The standard InChI is InChI=1S/C9H9BrN2O4/c1-16-11-9(13)8(10)6-2-4-7(5-3-6)12(14)15/h2-5,8H,1H3,(H,11,13). The summed E-state index contributed by atoms with van der Waals surface area (Å²) in [5.41, 5.74) is 2.75. The number of hydrogen-bond acceptors (Lipinski definition) is 4. The van der Waals surface area contributed by atoms with Crippen molar-refractivity contribution in [3.8, 4) is 0 Å². The van der Waals surface area contributed by atoms with E-state index in [2.05, 4.69) is 26.2 Å². The highest BCUT2D eigenvalue weighted by atomic mass is 79.9. The normalized spacial score (nSPS) is 11.9. The third kappa shape index (κ3) is 3.01. The molecule has 0 bridgehead atoms. The first kappa shape index (κ1) is 12.6. The van der Waals surface area contributed by atoms with E-state index in [4.69, 9.17) is 0 Å². The summed E-state index contributed by atoms with van der Waals surface area (Å²) in [6, 6.07) is 5.69. The van der Waals surface area contributed by atoms with Gasteiger partial charge in [-0.3, -0.25) is 19.7 Å². The molecule has 6 nitrogen and oxygen atoms in total. The zero-order valence-corrected chi connectivity index (χ0v) is 9.93. The van der Waals surface area contributed by atoms with Crippen LogP contribution in [0.3, 0.4) is 0 Å². The second-order valence-electron chi connectivity index (χ2n) is 2.88. The number of halogens is 1. The second kappa shape index (κ2) is 5.57. The molecule has 1 atom stereocenters. The molecule has 0 spiro atoms. The number of alkyl halides is 1. The van der Waals surface area contributed by atoms with Gasteiger partial charge >= 0.3 is 0 Å². The Hall–Kier alpha value is -1.47. The van der Waals surface area contributed by atoms with E-state index in [9.17, 15) is 14.9 Å². The van der Waals surface area contributed by atoms with Gasteiger partial charge in [-0.25, -0.2) is 5.48 Å². The smallest absolute Gasteiger partial charge is 0.269 e. The molecule has 1 unspecified atom stereocenters. The summed E-state index contributed by atoms with van der Waals surface area (Å²) in [7, 11) is 1.33. The summed E-state index contributed by atoms with van der Waals surface area (Å²) in [5.74, 6) is -0.378. The number of carbonyl (C=O) groups excluding carboxylic acids is 1. The van der Waals surface area contributed by atoms with Crippen LogP contribution in [0.25, 0.3) is 0 Å². The number of amides is 1. The molecule has 1 amide bonds. The minimum Gasteiger partial charge on any atom is -0.277 e. The molecule has 86 valence electrons. The van der Waals surface area contributed by atoms with Gasteiger partial charge in [0.25, 0.3) is 11.6 Å². The lowest BCUT2D eigenvalue weighted by Gasteiger charge is -2.08. The molecule has 0 aliphatic heterocycles. The van der Waals surface area contributed by atoms with Crippen LogP contribution in [0.1, 0.15) is 10.4 Å². The largest absolute Gasteiger partial charge is 0.277 e. The molecule has 0 aliphatic rings. The Kier molecular flexibility index (Phi) is 4.39. The van der Waals surface area contributed by atoms with Crippen molar-refractivity contribution in [2.24, 2.45) is 0 Å². The van der Waals surface area contributed by atoms with Gasteiger partial charge in [0.2, 0.25) is 0 Å². The minimum atomic E-state index is -0.603. The Bertz CT molecular complexity index is 393. The topological polar surface area (TPSA) is 81.5 Å². The maximum Gasteiger partial charge on any atom is 0.269 e. The Morgan fingerprint density at radius 3 is 2.50 bits per heavy atom. The zero-order chi connectivity index (χ0) is 12.1. The molecule has 0 aliphatic carbocycles. The van der Waals surface area contributed by atoms with Crippen molar-refractivity contribution in [1.29, 1.82) is 0 Å². The van der Waals surface area contributed by atoms with Crippen LogP contribution in [0.5, 0.6) is 0 Å². The van der Waals surface area contributed by atoms with E-state index in [-0.39, 0.29) is 11.6 Å². The van der Waals surface area contributed by atoms with E-state index in [0.717, 1.165) is 0 Å². The van der Waals surface area contributed by atoms with E-state index in [1.54, 1.807) is 0 Å². The van der Waals surface area contributed by atoms with Gasteiger partial charge in [-0.15, -0.1) is 0 Å². The van der Waals surface area contributed by atoms with Crippen LogP contribution in [0.15, 0.2) is 24.3 Å². The van der Waals surface area contributed by atoms with Crippen molar-refractivity contribution in [1.82, 2.24) is 5.48 Å².